The van der Waals surface area contributed by atoms with E-state index in [1.165, 1.54) is 70.8 Å². The molecule has 1 saturated carbocycles. The van der Waals surface area contributed by atoms with Crippen molar-refractivity contribution in [3.05, 3.63) is 12.7 Å². The number of allylic oxidation sites excluding steroid dienone is 1. The van der Waals surface area contributed by atoms with Crippen LogP contribution in [0.5, 0.6) is 0 Å². The van der Waals surface area contributed by atoms with Crippen LogP contribution in [0.15, 0.2) is 12.7 Å². The number of unbranched alkanes of at least 4 members (excludes halogenated alkanes) is 3. The van der Waals surface area contributed by atoms with Gasteiger partial charge in [-0.15, -0.1) is 6.58 Å². The van der Waals surface area contributed by atoms with Crippen LogP contribution in [0.3, 0.4) is 0 Å². The van der Waals surface area contributed by atoms with Crippen LogP contribution in [-0.4, -0.2) is 12.6 Å². The van der Waals surface area contributed by atoms with Gasteiger partial charge < -0.3 is 5.32 Å². The molecule has 100 valence electrons. The molecule has 0 aliphatic heterocycles. The topological polar surface area (TPSA) is 12.0 Å². The third-order valence-corrected chi connectivity index (χ3v) is 4.06. The molecule has 0 saturated heterocycles. The molecule has 17 heavy (non-hydrogen) atoms. The van der Waals surface area contributed by atoms with Crippen molar-refractivity contribution in [1.29, 1.82) is 0 Å². The molecule has 1 aliphatic rings. The molecule has 1 aliphatic carbocycles. The van der Waals surface area contributed by atoms with Crippen molar-refractivity contribution in [1.82, 2.24) is 5.32 Å². The van der Waals surface area contributed by atoms with Gasteiger partial charge in [-0.05, 0) is 57.4 Å². The maximum atomic E-state index is 3.76. The van der Waals surface area contributed by atoms with Crippen molar-refractivity contribution < 1.29 is 0 Å². The smallest absolute Gasteiger partial charge is 0.00672 e. The summed E-state index contributed by atoms with van der Waals surface area (Å²) in [6, 6.07) is 0.822. The van der Waals surface area contributed by atoms with Crippen LogP contribution < -0.4 is 5.32 Å². The monoisotopic (exact) mass is 237 g/mol. The first-order valence-corrected chi connectivity index (χ1v) is 7.71. The van der Waals surface area contributed by atoms with Gasteiger partial charge in [-0.2, -0.15) is 0 Å². The largest absolute Gasteiger partial charge is 0.314 e. The van der Waals surface area contributed by atoms with E-state index in [-0.39, 0.29) is 0 Å². The number of hydrogen-bond acceptors (Lipinski definition) is 1. The molecule has 0 amide bonds. The van der Waals surface area contributed by atoms with E-state index in [1.54, 1.807) is 0 Å². The Hall–Kier alpha value is -0.300. The molecular formula is C16H31N. The van der Waals surface area contributed by atoms with Crippen molar-refractivity contribution in [2.24, 2.45) is 5.92 Å². The molecule has 0 aromatic heterocycles. The molecule has 0 heterocycles. The van der Waals surface area contributed by atoms with E-state index in [2.05, 4.69) is 18.8 Å². The molecule has 0 aromatic carbocycles. The van der Waals surface area contributed by atoms with Crippen LogP contribution in [0.25, 0.3) is 0 Å². The van der Waals surface area contributed by atoms with Gasteiger partial charge in [0.2, 0.25) is 0 Å². The first-order chi connectivity index (χ1) is 8.36. The maximum Gasteiger partial charge on any atom is 0.00672 e. The summed E-state index contributed by atoms with van der Waals surface area (Å²) in [4.78, 5) is 0. The molecule has 1 fully saturated rings. The SMILES string of the molecule is C=CCCCCCNC1CCC(CCC)CC1. The van der Waals surface area contributed by atoms with Crippen LogP contribution in [-0.2, 0) is 0 Å². The average molecular weight is 237 g/mol. The quantitative estimate of drug-likeness (QED) is 0.453. The second-order valence-electron chi connectivity index (χ2n) is 5.60. The number of hydrogen-bond donors (Lipinski definition) is 1. The van der Waals surface area contributed by atoms with E-state index in [0.717, 1.165) is 12.0 Å². The van der Waals surface area contributed by atoms with Gasteiger partial charge in [0, 0.05) is 6.04 Å². The summed E-state index contributed by atoms with van der Waals surface area (Å²) < 4.78 is 0. The van der Waals surface area contributed by atoms with Crippen molar-refractivity contribution in [2.45, 2.75) is 77.2 Å². The number of rotatable bonds is 9. The zero-order chi connectivity index (χ0) is 12.3. The third kappa shape index (κ3) is 6.88. The molecule has 0 unspecified atom stereocenters. The molecule has 0 radical (unpaired) electrons. The summed E-state index contributed by atoms with van der Waals surface area (Å²) in [6.45, 7) is 7.29. The van der Waals surface area contributed by atoms with E-state index in [1.807, 2.05) is 6.08 Å². The average Bonchev–Trinajstić information content (AvgIpc) is 2.36. The van der Waals surface area contributed by atoms with Gasteiger partial charge in [0.1, 0.15) is 0 Å². The van der Waals surface area contributed by atoms with Crippen LogP contribution in [0.1, 0.15) is 71.1 Å². The Balaban J connectivity index is 1.93. The predicted octanol–water partition coefficient (Wildman–Crippen LogP) is 4.68. The van der Waals surface area contributed by atoms with Crippen molar-refractivity contribution in [2.75, 3.05) is 6.54 Å². The van der Waals surface area contributed by atoms with Gasteiger partial charge in [-0.25, -0.2) is 0 Å². The highest BCUT2D eigenvalue weighted by Gasteiger charge is 2.19. The second-order valence-corrected chi connectivity index (χ2v) is 5.60. The lowest BCUT2D eigenvalue weighted by atomic mass is 9.83. The van der Waals surface area contributed by atoms with E-state index in [4.69, 9.17) is 0 Å². The standard InChI is InChI=1S/C16H31N/c1-3-5-6-7-8-14-17-16-12-10-15(9-4-2)11-13-16/h3,15-17H,1,4-14H2,2H3. The Morgan fingerprint density at radius 1 is 1.12 bits per heavy atom. The Morgan fingerprint density at radius 2 is 1.88 bits per heavy atom. The molecule has 1 N–H and O–H groups in total. The number of nitrogens with one attached hydrogen (secondary N) is 1. The minimum absolute atomic E-state index is 0.822. The lowest BCUT2D eigenvalue weighted by Gasteiger charge is -2.29. The Labute approximate surface area is 108 Å². The van der Waals surface area contributed by atoms with Gasteiger partial charge in [-0.3, -0.25) is 0 Å². The lowest BCUT2D eigenvalue weighted by Crippen LogP contribution is -2.33. The zero-order valence-electron chi connectivity index (χ0n) is 11.7. The van der Waals surface area contributed by atoms with Gasteiger partial charge in [0.25, 0.3) is 0 Å². The minimum Gasteiger partial charge on any atom is -0.314 e. The van der Waals surface area contributed by atoms with E-state index in [9.17, 15) is 0 Å². The summed E-state index contributed by atoms with van der Waals surface area (Å²) in [7, 11) is 0. The summed E-state index contributed by atoms with van der Waals surface area (Å²) in [6.07, 6.45) is 15.8. The fourth-order valence-electron chi connectivity index (χ4n) is 2.96. The molecule has 0 spiro atoms. The Bertz CT molecular complexity index is 180. The molecule has 1 nitrogen and oxygen atoms in total. The second kappa shape index (κ2) is 9.70. The first kappa shape index (κ1) is 14.8. The Kier molecular flexibility index (Phi) is 8.42. The summed E-state index contributed by atoms with van der Waals surface area (Å²) in [5.74, 6) is 1.03. The molecule has 1 heteroatoms. The molecule has 1 rings (SSSR count). The Morgan fingerprint density at radius 3 is 2.53 bits per heavy atom. The highest BCUT2D eigenvalue weighted by atomic mass is 14.9. The minimum atomic E-state index is 0.822. The maximum absolute atomic E-state index is 3.76. The van der Waals surface area contributed by atoms with Crippen LogP contribution in [0.2, 0.25) is 0 Å². The van der Waals surface area contributed by atoms with Crippen molar-refractivity contribution in [3.63, 3.8) is 0 Å². The van der Waals surface area contributed by atoms with Crippen molar-refractivity contribution >= 4 is 0 Å². The van der Waals surface area contributed by atoms with Gasteiger partial charge >= 0.3 is 0 Å². The highest BCUT2D eigenvalue weighted by molar-refractivity contribution is 4.77. The van der Waals surface area contributed by atoms with E-state index >= 15 is 0 Å². The third-order valence-electron chi connectivity index (χ3n) is 4.06. The summed E-state index contributed by atoms with van der Waals surface area (Å²) in [5, 5.41) is 3.74. The normalized spacial score (nSPS) is 24.8. The molecule has 0 bridgehead atoms. The highest BCUT2D eigenvalue weighted by Crippen LogP contribution is 2.27. The lowest BCUT2D eigenvalue weighted by molar-refractivity contribution is 0.278. The first-order valence-electron chi connectivity index (χ1n) is 7.71. The summed E-state index contributed by atoms with van der Waals surface area (Å²) in [5.41, 5.74) is 0. The van der Waals surface area contributed by atoms with Gasteiger partial charge in [0.05, 0.1) is 0 Å². The molecule has 0 atom stereocenters. The van der Waals surface area contributed by atoms with Crippen molar-refractivity contribution in [3.8, 4) is 0 Å². The fraction of sp³-hybridized carbons (Fsp3) is 0.875. The predicted molar refractivity (Wildman–Crippen MR) is 77.3 cm³/mol. The van der Waals surface area contributed by atoms with Crippen LogP contribution >= 0.6 is 0 Å². The molecular weight excluding hydrogens is 206 g/mol. The zero-order valence-corrected chi connectivity index (χ0v) is 11.7. The fourth-order valence-corrected chi connectivity index (χ4v) is 2.96. The van der Waals surface area contributed by atoms with Gasteiger partial charge in [-0.1, -0.05) is 32.3 Å². The van der Waals surface area contributed by atoms with E-state index < -0.39 is 0 Å². The van der Waals surface area contributed by atoms with E-state index in [0.29, 0.717) is 0 Å². The molecule has 0 aromatic rings. The van der Waals surface area contributed by atoms with Crippen LogP contribution in [0, 0.1) is 5.92 Å². The summed E-state index contributed by atoms with van der Waals surface area (Å²) >= 11 is 0. The van der Waals surface area contributed by atoms with Crippen LogP contribution in [0.4, 0.5) is 0 Å². The van der Waals surface area contributed by atoms with Gasteiger partial charge in [0.15, 0.2) is 0 Å².